The van der Waals surface area contributed by atoms with Crippen LogP contribution in [0.3, 0.4) is 0 Å². The van der Waals surface area contributed by atoms with Crippen LogP contribution >= 0.6 is 11.8 Å². The largest absolute Gasteiger partial charge is 0.496 e. The van der Waals surface area contributed by atoms with E-state index in [0.29, 0.717) is 11.5 Å². The lowest BCUT2D eigenvalue weighted by molar-refractivity contribution is -0.165. The second-order valence-corrected chi connectivity index (χ2v) is 8.96. The first kappa shape index (κ1) is 19.3. The van der Waals surface area contributed by atoms with Gasteiger partial charge in [0.05, 0.1) is 14.2 Å². The Kier molecular flexibility index (Phi) is 4.54. The third kappa shape index (κ3) is 2.72. The summed E-state index contributed by atoms with van der Waals surface area (Å²) in [6.07, 6.45) is 0. The van der Waals surface area contributed by atoms with E-state index in [-0.39, 0.29) is 5.56 Å². The average molecular weight is 394 g/mol. The smallest absolute Gasteiger partial charge is 0.327 e. The highest BCUT2D eigenvalue weighted by Gasteiger charge is 2.70. The van der Waals surface area contributed by atoms with E-state index in [2.05, 4.69) is 5.32 Å². The molecule has 2 aliphatic heterocycles. The van der Waals surface area contributed by atoms with Crippen molar-refractivity contribution in [3.8, 4) is 11.5 Å². The summed E-state index contributed by atoms with van der Waals surface area (Å²) in [5, 5.41) is 11.8. The van der Waals surface area contributed by atoms with Crippen molar-refractivity contribution in [1.29, 1.82) is 0 Å². The maximum Gasteiger partial charge on any atom is 0.327 e. The first-order chi connectivity index (χ1) is 12.6. The van der Waals surface area contributed by atoms with Crippen LogP contribution in [0.15, 0.2) is 18.2 Å². The number of hydrogen-bond acceptors (Lipinski definition) is 6. The average Bonchev–Trinajstić information content (AvgIpc) is 2.90. The van der Waals surface area contributed by atoms with Crippen molar-refractivity contribution in [3.63, 3.8) is 0 Å². The fourth-order valence-electron chi connectivity index (χ4n) is 3.71. The molecular formula is C18H22N2O6S. The number of ether oxygens (including phenoxy) is 2. The molecule has 9 heteroatoms. The molecule has 0 spiro atoms. The lowest BCUT2D eigenvalue weighted by Crippen LogP contribution is -2.78. The summed E-state index contributed by atoms with van der Waals surface area (Å²) < 4.78 is 9.83. The molecule has 2 N–H and O–H groups in total. The van der Waals surface area contributed by atoms with Crippen LogP contribution in [0, 0.1) is 0 Å². The molecule has 0 bridgehead atoms. The summed E-state index contributed by atoms with van der Waals surface area (Å²) in [7, 11) is 2.88. The van der Waals surface area contributed by atoms with E-state index >= 15 is 0 Å². The van der Waals surface area contributed by atoms with Crippen molar-refractivity contribution in [2.45, 2.75) is 42.5 Å². The summed E-state index contributed by atoms with van der Waals surface area (Å²) in [6, 6.07) is 4.01. The Hall–Kier alpha value is -2.42. The monoisotopic (exact) mass is 394 g/mol. The number of benzene rings is 1. The summed E-state index contributed by atoms with van der Waals surface area (Å²) in [6.45, 7) is 5.19. The summed E-state index contributed by atoms with van der Waals surface area (Å²) in [4.78, 5) is 38.8. The van der Waals surface area contributed by atoms with Crippen molar-refractivity contribution < 1.29 is 29.0 Å². The molecule has 1 unspecified atom stereocenters. The second kappa shape index (κ2) is 6.33. The quantitative estimate of drug-likeness (QED) is 0.726. The Morgan fingerprint density at radius 2 is 1.74 bits per heavy atom. The van der Waals surface area contributed by atoms with Crippen LogP contribution in [0.4, 0.5) is 0 Å². The van der Waals surface area contributed by atoms with Gasteiger partial charge in [-0.05, 0) is 32.9 Å². The van der Waals surface area contributed by atoms with E-state index in [1.165, 1.54) is 30.9 Å². The molecule has 146 valence electrons. The number of nitrogens with one attached hydrogen (secondary N) is 1. The van der Waals surface area contributed by atoms with Crippen LogP contribution < -0.4 is 14.8 Å². The summed E-state index contributed by atoms with van der Waals surface area (Å²) in [5.74, 6) is -1.34. The van der Waals surface area contributed by atoms with Crippen LogP contribution in [0.1, 0.15) is 31.1 Å². The number of nitrogens with zero attached hydrogens (tertiary/aromatic N) is 1. The van der Waals surface area contributed by atoms with Crippen LogP contribution in [0.2, 0.25) is 0 Å². The molecule has 2 heterocycles. The number of carbonyl (C=O) groups is 3. The molecule has 2 fully saturated rings. The van der Waals surface area contributed by atoms with E-state index in [1.807, 2.05) is 0 Å². The molecule has 8 nitrogen and oxygen atoms in total. The summed E-state index contributed by atoms with van der Waals surface area (Å²) in [5.41, 5.74) is -1.03. The van der Waals surface area contributed by atoms with Crippen LogP contribution in [0.5, 0.6) is 11.5 Å². The molecule has 1 aromatic rings. The zero-order valence-corrected chi connectivity index (χ0v) is 16.5. The topological polar surface area (TPSA) is 105 Å². The first-order valence-corrected chi connectivity index (χ1v) is 9.23. The van der Waals surface area contributed by atoms with E-state index < -0.39 is 39.5 Å². The summed E-state index contributed by atoms with van der Waals surface area (Å²) >= 11 is 1.37. The van der Waals surface area contributed by atoms with E-state index in [4.69, 9.17) is 9.47 Å². The number of hydrogen-bond donors (Lipinski definition) is 2. The Bertz CT molecular complexity index is 804. The maximum absolute atomic E-state index is 13.0. The normalized spacial score (nSPS) is 28.2. The van der Waals surface area contributed by atoms with Crippen molar-refractivity contribution in [1.82, 2.24) is 10.2 Å². The molecule has 27 heavy (non-hydrogen) atoms. The van der Waals surface area contributed by atoms with Gasteiger partial charge in [0.15, 0.2) is 0 Å². The lowest BCUT2D eigenvalue weighted by atomic mass is 9.86. The van der Waals surface area contributed by atoms with Gasteiger partial charge in [-0.1, -0.05) is 6.07 Å². The van der Waals surface area contributed by atoms with Gasteiger partial charge in [0.25, 0.3) is 11.8 Å². The zero-order valence-electron chi connectivity index (χ0n) is 15.7. The van der Waals surface area contributed by atoms with E-state index in [1.54, 1.807) is 39.0 Å². The van der Waals surface area contributed by atoms with Crippen LogP contribution in [0.25, 0.3) is 0 Å². The van der Waals surface area contributed by atoms with E-state index in [0.717, 1.165) is 0 Å². The molecule has 2 aliphatic rings. The van der Waals surface area contributed by atoms with Gasteiger partial charge in [0, 0.05) is 4.75 Å². The predicted molar refractivity (Wildman–Crippen MR) is 99.1 cm³/mol. The van der Waals surface area contributed by atoms with Crippen molar-refractivity contribution in [3.05, 3.63) is 23.8 Å². The number of carbonyl (C=O) groups excluding carboxylic acids is 2. The zero-order chi connectivity index (χ0) is 20.1. The Labute approximate surface area is 161 Å². The second-order valence-electron chi connectivity index (χ2n) is 7.22. The fourth-order valence-corrected chi connectivity index (χ4v) is 5.36. The predicted octanol–water partition coefficient (Wildman–Crippen LogP) is 1.34. The van der Waals surface area contributed by atoms with Crippen molar-refractivity contribution in [2.24, 2.45) is 0 Å². The minimum atomic E-state index is -1.21. The van der Waals surface area contributed by atoms with Gasteiger partial charge < -0.3 is 24.8 Å². The number of aliphatic carboxylic acids is 1. The molecule has 3 rings (SSSR count). The number of amides is 2. The maximum atomic E-state index is 13.0. The van der Waals surface area contributed by atoms with Gasteiger partial charge >= 0.3 is 5.97 Å². The highest BCUT2D eigenvalue weighted by molar-refractivity contribution is 8.01. The fraction of sp³-hybridized carbons (Fsp3) is 0.500. The number of fused-ring (bicyclic) bond motifs is 1. The Balaban J connectivity index is 1.91. The van der Waals surface area contributed by atoms with Gasteiger partial charge in [-0.2, -0.15) is 0 Å². The molecule has 0 radical (unpaired) electrons. The lowest BCUT2D eigenvalue weighted by Gasteiger charge is -2.51. The number of rotatable bonds is 5. The van der Waals surface area contributed by atoms with Gasteiger partial charge in [-0.25, -0.2) is 4.79 Å². The molecule has 3 atom stereocenters. The highest BCUT2D eigenvalue weighted by atomic mass is 32.2. The highest BCUT2D eigenvalue weighted by Crippen LogP contribution is 2.54. The van der Waals surface area contributed by atoms with Gasteiger partial charge in [-0.15, -0.1) is 11.8 Å². The third-order valence-corrected chi connectivity index (χ3v) is 6.79. The van der Waals surface area contributed by atoms with Crippen LogP contribution in [-0.4, -0.2) is 63.7 Å². The Morgan fingerprint density at radius 3 is 2.22 bits per heavy atom. The van der Waals surface area contributed by atoms with Gasteiger partial charge in [0.2, 0.25) is 0 Å². The number of carboxylic acid groups (broad SMARTS) is 1. The number of thioether (sulfide) groups is 1. The number of methoxy groups -OCH3 is 2. The molecular weight excluding hydrogens is 372 g/mol. The molecule has 0 aliphatic carbocycles. The number of carboxylic acids is 1. The molecule has 1 aromatic carbocycles. The van der Waals surface area contributed by atoms with Crippen molar-refractivity contribution in [2.75, 3.05) is 14.2 Å². The van der Waals surface area contributed by atoms with Gasteiger partial charge in [0.1, 0.15) is 34.0 Å². The SMILES string of the molecule is COc1cccc(OC)c1C(=O)NC1(C)C(=O)N2[C@@H](C(=O)O)C(C)(C)S[C@@H]21. The number of β-lactam (4-membered cyclic amide) rings is 1. The third-order valence-electron chi connectivity index (χ3n) is 5.04. The van der Waals surface area contributed by atoms with E-state index in [9.17, 15) is 19.5 Å². The van der Waals surface area contributed by atoms with Crippen LogP contribution in [-0.2, 0) is 9.59 Å². The molecule has 2 amide bonds. The molecule has 0 aromatic heterocycles. The molecule has 0 saturated carbocycles. The van der Waals surface area contributed by atoms with Gasteiger partial charge in [-0.3, -0.25) is 9.59 Å². The van der Waals surface area contributed by atoms with Crippen molar-refractivity contribution >= 4 is 29.5 Å². The minimum Gasteiger partial charge on any atom is -0.496 e. The first-order valence-electron chi connectivity index (χ1n) is 8.35. The molecule has 2 saturated heterocycles. The minimum absolute atomic E-state index is 0.187. The standard InChI is InChI=1S/C18H22N2O6S/c1-17(2)12(14(22)23)20-15(24)18(3,16(20)27-17)19-13(21)11-9(25-4)7-6-8-10(11)26-5/h6-8,12,16H,1-5H3,(H,19,21)(H,22,23)/t12-,16+,18?/m0/s1. The Morgan fingerprint density at radius 1 is 1.19 bits per heavy atom.